The molecule has 0 N–H and O–H groups in total. The number of carbonyl (C=O) groups is 1. The topological polar surface area (TPSA) is 20.3 Å². The van der Waals surface area contributed by atoms with E-state index in [-0.39, 0.29) is 5.91 Å². The van der Waals surface area contributed by atoms with E-state index in [9.17, 15) is 4.79 Å². The summed E-state index contributed by atoms with van der Waals surface area (Å²) in [6.07, 6.45) is 0. The molecule has 0 fully saturated rings. The molecule has 0 aromatic carbocycles. The number of rotatable bonds is 3. The molecule has 1 heterocycles. The zero-order valence-electron chi connectivity index (χ0n) is 8.01. The van der Waals surface area contributed by atoms with Crippen molar-refractivity contribution in [2.45, 2.75) is 13.8 Å². The Kier molecular flexibility index (Phi) is 4.86. The van der Waals surface area contributed by atoms with Gasteiger partial charge in [-0.25, -0.2) is 0 Å². The highest BCUT2D eigenvalue weighted by molar-refractivity contribution is 14.1. The first-order chi connectivity index (χ1) is 6.60. The van der Waals surface area contributed by atoms with Gasteiger partial charge in [-0.15, -0.1) is 11.3 Å². The maximum atomic E-state index is 12.0. The lowest BCUT2D eigenvalue weighted by Gasteiger charge is -2.17. The zero-order chi connectivity index (χ0) is 10.7. The van der Waals surface area contributed by atoms with E-state index in [0.29, 0.717) is 0 Å². The molecule has 0 aliphatic heterocycles. The molecular weight excluding hydrogens is 377 g/mol. The molecule has 0 radical (unpaired) electrons. The van der Waals surface area contributed by atoms with Crippen LogP contribution in [0.2, 0.25) is 0 Å². The summed E-state index contributed by atoms with van der Waals surface area (Å²) < 4.78 is 2.04. The number of thiophene rings is 1. The molecule has 1 rings (SSSR count). The second-order valence-electron chi connectivity index (χ2n) is 2.71. The molecule has 0 aliphatic rings. The van der Waals surface area contributed by atoms with E-state index in [1.165, 1.54) is 11.3 Å². The summed E-state index contributed by atoms with van der Waals surface area (Å²) in [6.45, 7) is 5.52. The highest BCUT2D eigenvalue weighted by Crippen LogP contribution is 2.29. The van der Waals surface area contributed by atoms with Crippen LogP contribution in [0.15, 0.2) is 9.85 Å². The van der Waals surface area contributed by atoms with Crippen molar-refractivity contribution in [3.05, 3.63) is 18.3 Å². The first-order valence-electron chi connectivity index (χ1n) is 4.34. The summed E-state index contributed by atoms with van der Waals surface area (Å²) in [6, 6.07) is 1.97. The Morgan fingerprint density at radius 2 is 2.14 bits per heavy atom. The molecular formula is C9H11BrINOS. The fourth-order valence-electron chi connectivity index (χ4n) is 1.14. The van der Waals surface area contributed by atoms with Crippen LogP contribution in [-0.4, -0.2) is 23.9 Å². The number of hydrogen-bond acceptors (Lipinski definition) is 2. The van der Waals surface area contributed by atoms with Gasteiger partial charge in [0.25, 0.3) is 5.91 Å². The second-order valence-corrected chi connectivity index (χ2v) is 6.30. The standard InChI is InChI=1S/C9H11BrINOS/c1-3-12(4-2)9(13)8-6(11)5-7(10)14-8/h5H,3-4H2,1-2H3. The van der Waals surface area contributed by atoms with Gasteiger partial charge in [0.05, 0.1) is 3.79 Å². The average molecular weight is 388 g/mol. The molecule has 1 aromatic heterocycles. The van der Waals surface area contributed by atoms with Crippen molar-refractivity contribution in [1.29, 1.82) is 0 Å². The van der Waals surface area contributed by atoms with E-state index >= 15 is 0 Å². The Balaban J connectivity index is 2.93. The quantitative estimate of drug-likeness (QED) is 0.725. The van der Waals surface area contributed by atoms with E-state index in [4.69, 9.17) is 0 Å². The van der Waals surface area contributed by atoms with E-state index in [1.54, 1.807) is 0 Å². The lowest BCUT2D eigenvalue weighted by Crippen LogP contribution is -2.30. The van der Waals surface area contributed by atoms with Crippen LogP contribution in [0.3, 0.4) is 0 Å². The molecule has 0 spiro atoms. The van der Waals surface area contributed by atoms with Crippen molar-refractivity contribution in [2.24, 2.45) is 0 Å². The fourth-order valence-corrected chi connectivity index (χ4v) is 4.11. The second kappa shape index (κ2) is 5.46. The molecule has 0 unspecified atom stereocenters. The third kappa shape index (κ3) is 2.70. The summed E-state index contributed by atoms with van der Waals surface area (Å²) in [5, 5.41) is 0. The van der Waals surface area contributed by atoms with Gasteiger partial charge in [0, 0.05) is 16.7 Å². The maximum absolute atomic E-state index is 12.0. The van der Waals surface area contributed by atoms with E-state index in [2.05, 4.69) is 38.5 Å². The van der Waals surface area contributed by atoms with Crippen molar-refractivity contribution >= 4 is 55.8 Å². The van der Waals surface area contributed by atoms with Crippen LogP contribution in [0.5, 0.6) is 0 Å². The summed E-state index contributed by atoms with van der Waals surface area (Å²) in [5.41, 5.74) is 0. The molecule has 0 bridgehead atoms. The van der Waals surface area contributed by atoms with Gasteiger partial charge in [-0.1, -0.05) is 0 Å². The smallest absolute Gasteiger partial charge is 0.265 e. The highest BCUT2D eigenvalue weighted by atomic mass is 127. The summed E-state index contributed by atoms with van der Waals surface area (Å²) >= 11 is 7.08. The minimum Gasteiger partial charge on any atom is -0.338 e. The van der Waals surface area contributed by atoms with Gasteiger partial charge in [0.2, 0.25) is 0 Å². The summed E-state index contributed by atoms with van der Waals surface area (Å²) in [4.78, 5) is 14.6. The number of nitrogens with zero attached hydrogens (tertiary/aromatic N) is 1. The third-order valence-electron chi connectivity index (χ3n) is 1.90. The van der Waals surface area contributed by atoms with Gasteiger partial charge in [0.15, 0.2) is 0 Å². The number of carbonyl (C=O) groups excluding carboxylic acids is 1. The largest absolute Gasteiger partial charge is 0.338 e. The Labute approximate surface area is 110 Å². The Morgan fingerprint density at radius 3 is 2.50 bits per heavy atom. The van der Waals surface area contributed by atoms with Gasteiger partial charge in [0.1, 0.15) is 4.88 Å². The van der Waals surface area contributed by atoms with Crippen molar-refractivity contribution < 1.29 is 4.79 Å². The van der Waals surface area contributed by atoms with Crippen LogP contribution >= 0.6 is 49.9 Å². The third-order valence-corrected chi connectivity index (χ3v) is 4.74. The molecule has 5 heteroatoms. The first kappa shape index (κ1) is 12.4. The molecule has 2 nitrogen and oxygen atoms in total. The van der Waals surface area contributed by atoms with Crippen molar-refractivity contribution in [2.75, 3.05) is 13.1 Å². The SMILES string of the molecule is CCN(CC)C(=O)c1sc(Br)cc1I. The number of halogens is 2. The molecule has 14 heavy (non-hydrogen) atoms. The minimum absolute atomic E-state index is 0.134. The van der Waals surface area contributed by atoms with Crippen molar-refractivity contribution in [1.82, 2.24) is 4.90 Å². The molecule has 0 aliphatic carbocycles. The molecule has 78 valence electrons. The van der Waals surface area contributed by atoms with Crippen LogP contribution in [0.25, 0.3) is 0 Å². The van der Waals surface area contributed by atoms with Gasteiger partial charge >= 0.3 is 0 Å². The maximum Gasteiger partial charge on any atom is 0.265 e. The Morgan fingerprint density at radius 1 is 1.57 bits per heavy atom. The fraction of sp³-hybridized carbons (Fsp3) is 0.444. The van der Waals surface area contributed by atoms with Crippen LogP contribution in [0.1, 0.15) is 23.5 Å². The van der Waals surface area contributed by atoms with E-state index in [0.717, 1.165) is 25.3 Å². The molecule has 0 saturated heterocycles. The Bertz CT molecular complexity index is 336. The normalized spacial score (nSPS) is 10.3. The molecule has 1 aromatic rings. The van der Waals surface area contributed by atoms with E-state index < -0.39 is 0 Å². The highest BCUT2D eigenvalue weighted by Gasteiger charge is 2.18. The van der Waals surface area contributed by atoms with Crippen LogP contribution in [0, 0.1) is 3.57 Å². The van der Waals surface area contributed by atoms with E-state index in [1.807, 2.05) is 24.8 Å². The van der Waals surface area contributed by atoms with Gasteiger partial charge in [-0.2, -0.15) is 0 Å². The number of amides is 1. The lowest BCUT2D eigenvalue weighted by atomic mass is 10.4. The minimum atomic E-state index is 0.134. The van der Waals surface area contributed by atoms with Gasteiger partial charge in [-0.3, -0.25) is 4.79 Å². The molecule has 1 amide bonds. The predicted octanol–water partition coefficient (Wildman–Crippen LogP) is 3.60. The summed E-state index contributed by atoms with van der Waals surface area (Å²) in [5.74, 6) is 0.134. The monoisotopic (exact) mass is 387 g/mol. The molecule has 0 saturated carbocycles. The summed E-state index contributed by atoms with van der Waals surface area (Å²) in [7, 11) is 0. The zero-order valence-corrected chi connectivity index (χ0v) is 12.6. The van der Waals surface area contributed by atoms with Crippen molar-refractivity contribution in [3.8, 4) is 0 Å². The predicted molar refractivity (Wildman–Crippen MR) is 72.0 cm³/mol. The van der Waals surface area contributed by atoms with Crippen LogP contribution < -0.4 is 0 Å². The average Bonchev–Trinajstić information content (AvgIpc) is 2.47. The first-order valence-corrected chi connectivity index (χ1v) is 7.03. The Hall–Kier alpha value is 0.380. The number of hydrogen-bond donors (Lipinski definition) is 0. The van der Waals surface area contributed by atoms with Gasteiger partial charge < -0.3 is 4.90 Å². The van der Waals surface area contributed by atoms with Crippen LogP contribution in [-0.2, 0) is 0 Å². The van der Waals surface area contributed by atoms with Crippen LogP contribution in [0.4, 0.5) is 0 Å². The lowest BCUT2D eigenvalue weighted by molar-refractivity contribution is 0.0777. The molecule has 0 atom stereocenters. The van der Waals surface area contributed by atoms with Gasteiger partial charge in [-0.05, 0) is 58.4 Å². The van der Waals surface area contributed by atoms with Crippen molar-refractivity contribution in [3.63, 3.8) is 0 Å².